The summed E-state index contributed by atoms with van der Waals surface area (Å²) in [4.78, 5) is 36.5. The number of carboxylic acid groups (broad SMARTS) is 1. The largest absolute Gasteiger partial charge is 0.544 e. The topological polar surface area (TPSA) is 102 Å². The van der Waals surface area contributed by atoms with Gasteiger partial charge < -0.3 is 28.6 Å². The molecule has 0 saturated heterocycles. The van der Waals surface area contributed by atoms with E-state index in [9.17, 15) is 19.5 Å². The van der Waals surface area contributed by atoms with Crippen LogP contribution in [-0.4, -0.2) is 75.5 Å². The lowest BCUT2D eigenvalue weighted by Gasteiger charge is -2.34. The van der Waals surface area contributed by atoms with Gasteiger partial charge in [0.1, 0.15) is 12.6 Å². The normalized spacial score (nSPS) is 14.0. The second-order valence-electron chi connectivity index (χ2n) is 12.3. The van der Waals surface area contributed by atoms with Crippen molar-refractivity contribution in [2.24, 2.45) is 0 Å². The van der Waals surface area contributed by atoms with Crippen molar-refractivity contribution in [3.63, 3.8) is 0 Å². The van der Waals surface area contributed by atoms with E-state index in [2.05, 4.69) is 86.8 Å². The molecule has 2 unspecified atom stereocenters. The quantitative estimate of drug-likeness (QED) is 0.0365. The first-order valence-electron chi connectivity index (χ1n) is 17.5. The minimum absolute atomic E-state index is 0.00487. The lowest BCUT2D eigenvalue weighted by atomic mass is 10.1. The van der Waals surface area contributed by atoms with E-state index in [0.29, 0.717) is 12.8 Å². The fraction of sp³-hybridized carbons (Fsp3) is 0.615. The van der Waals surface area contributed by atoms with E-state index in [0.717, 1.165) is 57.8 Å². The molecule has 266 valence electrons. The molecule has 2 atom stereocenters. The molecule has 0 saturated carbocycles. The highest BCUT2D eigenvalue weighted by Crippen LogP contribution is 2.10. The van der Waals surface area contributed by atoms with Crippen molar-refractivity contribution in [3.8, 4) is 0 Å². The Morgan fingerprint density at radius 3 is 1.64 bits per heavy atom. The Morgan fingerprint density at radius 2 is 1.13 bits per heavy atom. The maximum atomic E-state index is 12.6. The van der Waals surface area contributed by atoms with Gasteiger partial charge >= 0.3 is 11.9 Å². The van der Waals surface area contributed by atoms with Crippen LogP contribution in [-0.2, 0) is 28.6 Å². The van der Waals surface area contributed by atoms with Gasteiger partial charge in [0, 0.05) is 19.3 Å². The van der Waals surface area contributed by atoms with E-state index in [1.165, 1.54) is 0 Å². The van der Waals surface area contributed by atoms with E-state index in [1.54, 1.807) is 21.1 Å². The zero-order valence-corrected chi connectivity index (χ0v) is 29.9. The van der Waals surface area contributed by atoms with Crippen molar-refractivity contribution >= 4 is 17.9 Å². The summed E-state index contributed by atoms with van der Waals surface area (Å²) in [5.41, 5.74) is 0. The van der Waals surface area contributed by atoms with Crippen molar-refractivity contribution < 1.29 is 38.2 Å². The smallest absolute Gasteiger partial charge is 0.306 e. The van der Waals surface area contributed by atoms with E-state index in [1.807, 2.05) is 0 Å². The monoisotopic (exact) mass is 657 g/mol. The van der Waals surface area contributed by atoms with Gasteiger partial charge in [0.2, 0.25) is 0 Å². The first-order chi connectivity index (χ1) is 22.6. The molecule has 0 aliphatic heterocycles. The summed E-state index contributed by atoms with van der Waals surface area (Å²) in [6, 6.07) is -0.741. The second kappa shape index (κ2) is 30.1. The number of quaternary nitrogens is 1. The zero-order valence-electron chi connectivity index (χ0n) is 29.9. The average Bonchev–Trinajstić information content (AvgIpc) is 3.01. The minimum atomic E-state index is -1.14. The molecule has 0 bridgehead atoms. The van der Waals surface area contributed by atoms with Crippen LogP contribution in [0.1, 0.15) is 104 Å². The SMILES string of the molecule is CC/C=C/C/C=C/C/C=C/CCCCC(=O)OC(COCCC(C(=O)[O-])[N+](C)(C)C)COC(=O)CCC/C=C/C/C=C/C/C=C/CC. The third-order valence-electron chi connectivity index (χ3n) is 7.09. The standard InChI is InChI=1S/C39H63NO7/c1-6-8-10-12-14-16-18-20-22-24-26-28-30-38(42)47-35(33-45-32-31-36(39(43)44)40(3,4)5)34-46-37(41)29-27-25-23-21-19-17-15-13-11-9-7-2/h8-11,14-17,20-23,35-36H,6-7,12-13,18-19,24-34H2,1-5H3/b10-8+,11-9+,16-14+,17-15+,22-20+,23-21+. The van der Waals surface area contributed by atoms with Gasteiger partial charge in [-0.2, -0.15) is 0 Å². The summed E-state index contributed by atoms with van der Waals surface area (Å²) in [6.45, 7) is 4.28. The summed E-state index contributed by atoms with van der Waals surface area (Å²) >= 11 is 0. The average molecular weight is 658 g/mol. The summed E-state index contributed by atoms with van der Waals surface area (Å²) in [6.07, 6.45) is 35.2. The Hall–Kier alpha value is -3.23. The van der Waals surface area contributed by atoms with E-state index in [-0.39, 0.29) is 55.5 Å². The van der Waals surface area contributed by atoms with Gasteiger partial charge in [0.15, 0.2) is 6.10 Å². The van der Waals surface area contributed by atoms with Crippen molar-refractivity contribution in [3.05, 3.63) is 72.9 Å². The number of ether oxygens (including phenoxy) is 3. The van der Waals surface area contributed by atoms with E-state index < -0.39 is 18.1 Å². The lowest BCUT2D eigenvalue weighted by molar-refractivity contribution is -0.889. The number of unbranched alkanes of at least 4 members (excludes halogenated alkanes) is 3. The molecule has 0 aromatic heterocycles. The molecule has 0 aliphatic carbocycles. The van der Waals surface area contributed by atoms with Gasteiger partial charge in [-0.15, -0.1) is 0 Å². The molecule has 0 amide bonds. The van der Waals surface area contributed by atoms with Crippen LogP contribution < -0.4 is 5.11 Å². The van der Waals surface area contributed by atoms with E-state index >= 15 is 0 Å². The molecular formula is C39H63NO7. The van der Waals surface area contributed by atoms with Crippen LogP contribution in [0.5, 0.6) is 0 Å². The van der Waals surface area contributed by atoms with Crippen molar-refractivity contribution in [1.82, 2.24) is 0 Å². The molecule has 47 heavy (non-hydrogen) atoms. The van der Waals surface area contributed by atoms with Crippen molar-refractivity contribution in [2.75, 3.05) is 41.0 Å². The van der Waals surface area contributed by atoms with Crippen LogP contribution in [0, 0.1) is 0 Å². The summed E-state index contributed by atoms with van der Waals surface area (Å²) in [7, 11) is 5.35. The highest BCUT2D eigenvalue weighted by atomic mass is 16.6. The third kappa shape index (κ3) is 28.7. The van der Waals surface area contributed by atoms with Crippen LogP contribution in [0.4, 0.5) is 0 Å². The number of esters is 2. The molecule has 8 nitrogen and oxygen atoms in total. The maximum Gasteiger partial charge on any atom is 0.306 e. The van der Waals surface area contributed by atoms with Crippen LogP contribution in [0.25, 0.3) is 0 Å². The van der Waals surface area contributed by atoms with Crippen molar-refractivity contribution in [2.45, 2.75) is 116 Å². The van der Waals surface area contributed by atoms with Gasteiger partial charge in [-0.1, -0.05) is 86.8 Å². The molecule has 0 radical (unpaired) electrons. The molecular weight excluding hydrogens is 594 g/mol. The molecule has 8 heteroatoms. The first kappa shape index (κ1) is 43.8. The molecule has 0 rings (SSSR count). The van der Waals surface area contributed by atoms with Crippen LogP contribution in [0.15, 0.2) is 72.9 Å². The Morgan fingerprint density at radius 1 is 0.638 bits per heavy atom. The number of allylic oxidation sites excluding steroid dienone is 12. The summed E-state index contributed by atoms with van der Waals surface area (Å²) in [5, 5.41) is 11.5. The van der Waals surface area contributed by atoms with Crippen molar-refractivity contribution in [1.29, 1.82) is 0 Å². The summed E-state index contributed by atoms with van der Waals surface area (Å²) < 4.78 is 16.9. The number of carbonyl (C=O) groups excluding carboxylic acids is 3. The van der Waals surface area contributed by atoms with Gasteiger partial charge in [0.05, 0.1) is 40.3 Å². The Labute approximate surface area is 285 Å². The van der Waals surface area contributed by atoms with Gasteiger partial charge in [-0.25, -0.2) is 0 Å². The van der Waals surface area contributed by atoms with Crippen LogP contribution in [0.3, 0.4) is 0 Å². The number of carboxylic acids is 1. The number of hydrogen-bond acceptors (Lipinski definition) is 7. The van der Waals surface area contributed by atoms with Gasteiger partial charge in [0.25, 0.3) is 0 Å². The fourth-order valence-corrected chi connectivity index (χ4v) is 4.40. The minimum Gasteiger partial charge on any atom is -0.544 e. The fourth-order valence-electron chi connectivity index (χ4n) is 4.40. The molecule has 0 aromatic rings. The number of aliphatic carboxylic acids is 1. The van der Waals surface area contributed by atoms with Crippen LogP contribution >= 0.6 is 0 Å². The van der Waals surface area contributed by atoms with E-state index in [4.69, 9.17) is 14.2 Å². The Kier molecular flexibility index (Phi) is 28.1. The first-order valence-corrected chi connectivity index (χ1v) is 17.5. The highest BCUT2D eigenvalue weighted by molar-refractivity contribution is 5.70. The maximum absolute atomic E-state index is 12.6. The molecule has 0 aliphatic rings. The predicted molar refractivity (Wildman–Crippen MR) is 189 cm³/mol. The molecule has 0 heterocycles. The molecule has 0 N–H and O–H groups in total. The number of nitrogens with zero attached hydrogens (tertiary/aromatic N) is 1. The van der Waals surface area contributed by atoms with Gasteiger partial charge in [-0.3, -0.25) is 9.59 Å². The van der Waals surface area contributed by atoms with Crippen LogP contribution in [0.2, 0.25) is 0 Å². The number of carbonyl (C=O) groups is 3. The third-order valence-corrected chi connectivity index (χ3v) is 7.09. The number of likely N-dealkylation sites (N-methyl/N-ethyl adjacent to an activating group) is 1. The molecule has 0 aromatic carbocycles. The lowest BCUT2D eigenvalue weighted by Crippen LogP contribution is -2.55. The van der Waals surface area contributed by atoms with Gasteiger partial charge in [-0.05, 0) is 70.6 Å². The zero-order chi connectivity index (χ0) is 35.0. The molecule has 0 spiro atoms. The Bertz CT molecular complexity index is 1000. The molecule has 0 fully saturated rings. The second-order valence-corrected chi connectivity index (χ2v) is 12.3. The predicted octanol–water partition coefficient (Wildman–Crippen LogP) is 7.12. The number of hydrogen-bond donors (Lipinski definition) is 0. The Balaban J connectivity index is 4.63. The highest BCUT2D eigenvalue weighted by Gasteiger charge is 2.25. The number of rotatable bonds is 29. The summed E-state index contributed by atoms with van der Waals surface area (Å²) in [5.74, 6) is -1.88.